The highest BCUT2D eigenvalue weighted by Gasteiger charge is 2.18. The molecule has 0 bridgehead atoms. The fourth-order valence-corrected chi connectivity index (χ4v) is 3.22. The Morgan fingerprint density at radius 1 is 0.929 bits per heavy atom. The first kappa shape index (κ1) is 20.0. The number of amides is 1. The molecule has 1 fully saturated rings. The molecule has 6 nitrogen and oxygen atoms in total. The average Bonchev–Trinajstić information content (AvgIpc) is 2.74. The molecule has 1 heterocycles. The topological polar surface area (TPSA) is 54.0 Å². The van der Waals surface area contributed by atoms with Crippen molar-refractivity contribution in [2.45, 2.75) is 6.92 Å². The Morgan fingerprint density at radius 2 is 1.57 bits per heavy atom. The number of benzene rings is 2. The highest BCUT2D eigenvalue weighted by molar-refractivity contribution is 5.78. The number of carbonyl (C=O) groups excluding carboxylic acids is 1. The van der Waals surface area contributed by atoms with Gasteiger partial charge in [-0.15, -0.1) is 0 Å². The highest BCUT2D eigenvalue weighted by atomic mass is 16.5. The van der Waals surface area contributed by atoms with Crippen LogP contribution in [0.1, 0.15) is 6.92 Å². The number of hydrogen-bond donors (Lipinski definition) is 1. The van der Waals surface area contributed by atoms with Crippen molar-refractivity contribution in [2.75, 3.05) is 57.4 Å². The van der Waals surface area contributed by atoms with Gasteiger partial charge in [-0.1, -0.05) is 18.2 Å². The second-order valence-electron chi connectivity index (χ2n) is 6.70. The molecule has 3 rings (SSSR count). The van der Waals surface area contributed by atoms with E-state index in [9.17, 15) is 4.79 Å². The van der Waals surface area contributed by atoms with Gasteiger partial charge in [0.05, 0.1) is 19.7 Å². The molecule has 0 aliphatic carbocycles. The van der Waals surface area contributed by atoms with Crippen LogP contribution in [-0.4, -0.2) is 63.3 Å². The van der Waals surface area contributed by atoms with Crippen LogP contribution in [0.15, 0.2) is 54.6 Å². The molecule has 6 heteroatoms. The number of hydrogen-bond acceptors (Lipinski definition) is 5. The van der Waals surface area contributed by atoms with Crippen molar-refractivity contribution >= 4 is 11.6 Å². The third kappa shape index (κ3) is 6.16. The Kier molecular flexibility index (Phi) is 7.55. The van der Waals surface area contributed by atoms with Crippen molar-refractivity contribution in [3.63, 3.8) is 0 Å². The molecule has 0 atom stereocenters. The second-order valence-corrected chi connectivity index (χ2v) is 6.70. The van der Waals surface area contributed by atoms with Crippen LogP contribution in [0.2, 0.25) is 0 Å². The minimum absolute atomic E-state index is 0.0449. The number of rotatable bonds is 9. The van der Waals surface area contributed by atoms with Crippen LogP contribution >= 0.6 is 0 Å². The molecule has 0 saturated carbocycles. The molecular weight excluding hydrogens is 354 g/mol. The highest BCUT2D eigenvalue weighted by Crippen LogP contribution is 2.17. The maximum atomic E-state index is 12.2. The number of anilines is 1. The number of nitrogens with one attached hydrogen (secondary N) is 1. The lowest BCUT2D eigenvalue weighted by molar-refractivity contribution is -0.122. The summed E-state index contributed by atoms with van der Waals surface area (Å²) < 4.78 is 11.1. The van der Waals surface area contributed by atoms with E-state index in [2.05, 4.69) is 39.4 Å². The van der Waals surface area contributed by atoms with Crippen molar-refractivity contribution in [2.24, 2.45) is 0 Å². The number of nitrogens with zero attached hydrogens (tertiary/aromatic N) is 2. The number of piperazine rings is 1. The third-order valence-electron chi connectivity index (χ3n) is 4.69. The van der Waals surface area contributed by atoms with E-state index < -0.39 is 0 Å². The first-order chi connectivity index (χ1) is 13.7. The van der Waals surface area contributed by atoms with Crippen LogP contribution in [0.3, 0.4) is 0 Å². The molecule has 1 aliphatic rings. The minimum Gasteiger partial charge on any atom is -0.494 e. The van der Waals surface area contributed by atoms with E-state index in [1.165, 1.54) is 5.69 Å². The van der Waals surface area contributed by atoms with Gasteiger partial charge in [0.2, 0.25) is 5.91 Å². The van der Waals surface area contributed by atoms with E-state index in [0.29, 0.717) is 26.3 Å². The fourth-order valence-electron chi connectivity index (χ4n) is 3.22. The SMILES string of the molecule is CCOc1ccc(OCCNC(=O)CN2CCN(c3ccccc3)CC2)cc1. The standard InChI is InChI=1S/C22H29N3O3/c1-2-27-20-8-10-21(11-9-20)28-17-12-23-22(26)18-24-13-15-25(16-14-24)19-6-4-3-5-7-19/h3-11H,2,12-18H2,1H3,(H,23,26). The summed E-state index contributed by atoms with van der Waals surface area (Å²) in [4.78, 5) is 16.7. The molecule has 150 valence electrons. The second kappa shape index (κ2) is 10.6. The van der Waals surface area contributed by atoms with Crippen molar-refractivity contribution in [3.05, 3.63) is 54.6 Å². The van der Waals surface area contributed by atoms with Gasteiger partial charge in [0, 0.05) is 31.9 Å². The first-order valence-corrected chi connectivity index (χ1v) is 9.89. The summed E-state index contributed by atoms with van der Waals surface area (Å²) in [7, 11) is 0. The lowest BCUT2D eigenvalue weighted by Crippen LogP contribution is -2.49. The Hall–Kier alpha value is -2.73. The molecule has 1 aliphatic heterocycles. The van der Waals surface area contributed by atoms with Crippen molar-refractivity contribution < 1.29 is 14.3 Å². The molecule has 28 heavy (non-hydrogen) atoms. The van der Waals surface area contributed by atoms with Crippen LogP contribution in [0.25, 0.3) is 0 Å². The smallest absolute Gasteiger partial charge is 0.234 e. The van der Waals surface area contributed by atoms with Gasteiger partial charge in [-0.25, -0.2) is 0 Å². The van der Waals surface area contributed by atoms with Gasteiger partial charge in [0.15, 0.2) is 0 Å². The van der Waals surface area contributed by atoms with Crippen molar-refractivity contribution in [3.8, 4) is 11.5 Å². The van der Waals surface area contributed by atoms with Gasteiger partial charge in [0.25, 0.3) is 0 Å². The van der Waals surface area contributed by atoms with E-state index in [1.807, 2.05) is 37.3 Å². The number of carbonyl (C=O) groups is 1. The maximum Gasteiger partial charge on any atom is 0.234 e. The lowest BCUT2D eigenvalue weighted by Gasteiger charge is -2.35. The van der Waals surface area contributed by atoms with Crippen LogP contribution in [-0.2, 0) is 4.79 Å². The van der Waals surface area contributed by atoms with Crippen LogP contribution in [0, 0.1) is 0 Å². The predicted octanol–water partition coefficient (Wildman–Crippen LogP) is 2.40. The van der Waals surface area contributed by atoms with Gasteiger partial charge in [0.1, 0.15) is 18.1 Å². The van der Waals surface area contributed by atoms with E-state index >= 15 is 0 Å². The van der Waals surface area contributed by atoms with Gasteiger partial charge >= 0.3 is 0 Å². The number of ether oxygens (including phenoxy) is 2. The van der Waals surface area contributed by atoms with Crippen LogP contribution in [0.5, 0.6) is 11.5 Å². The molecule has 2 aromatic rings. The van der Waals surface area contributed by atoms with E-state index in [0.717, 1.165) is 37.7 Å². The quantitative estimate of drug-likeness (QED) is 0.674. The molecule has 1 saturated heterocycles. The van der Waals surface area contributed by atoms with Gasteiger partial charge in [-0.05, 0) is 43.3 Å². The number of para-hydroxylation sites is 1. The molecule has 1 amide bonds. The maximum absolute atomic E-state index is 12.2. The Morgan fingerprint density at radius 3 is 2.21 bits per heavy atom. The Balaban J connectivity index is 1.30. The molecule has 0 spiro atoms. The van der Waals surface area contributed by atoms with Crippen molar-refractivity contribution in [1.29, 1.82) is 0 Å². The fraction of sp³-hybridized carbons (Fsp3) is 0.409. The van der Waals surface area contributed by atoms with E-state index in [-0.39, 0.29) is 5.91 Å². The van der Waals surface area contributed by atoms with E-state index in [1.54, 1.807) is 0 Å². The zero-order chi connectivity index (χ0) is 19.6. The Bertz CT molecular complexity index is 714. The van der Waals surface area contributed by atoms with Gasteiger partial charge in [-0.2, -0.15) is 0 Å². The zero-order valence-electron chi connectivity index (χ0n) is 16.5. The normalized spacial score (nSPS) is 14.5. The monoisotopic (exact) mass is 383 g/mol. The summed E-state index contributed by atoms with van der Waals surface area (Å²) in [6.45, 7) is 7.65. The molecule has 2 aromatic carbocycles. The van der Waals surface area contributed by atoms with Crippen LogP contribution in [0.4, 0.5) is 5.69 Å². The summed E-state index contributed by atoms with van der Waals surface area (Å²) >= 11 is 0. The van der Waals surface area contributed by atoms with Crippen LogP contribution < -0.4 is 19.7 Å². The average molecular weight is 383 g/mol. The predicted molar refractivity (Wildman–Crippen MR) is 111 cm³/mol. The van der Waals surface area contributed by atoms with Gasteiger partial charge in [-0.3, -0.25) is 9.69 Å². The molecular formula is C22H29N3O3. The summed E-state index contributed by atoms with van der Waals surface area (Å²) in [6.07, 6.45) is 0. The summed E-state index contributed by atoms with van der Waals surface area (Å²) in [5.74, 6) is 1.65. The van der Waals surface area contributed by atoms with Crippen molar-refractivity contribution in [1.82, 2.24) is 10.2 Å². The molecule has 0 aromatic heterocycles. The largest absolute Gasteiger partial charge is 0.494 e. The zero-order valence-corrected chi connectivity index (χ0v) is 16.5. The van der Waals surface area contributed by atoms with Gasteiger partial charge < -0.3 is 19.7 Å². The third-order valence-corrected chi connectivity index (χ3v) is 4.69. The summed E-state index contributed by atoms with van der Waals surface area (Å²) in [5.41, 5.74) is 1.25. The Labute approximate surface area is 167 Å². The summed E-state index contributed by atoms with van der Waals surface area (Å²) in [6, 6.07) is 17.9. The minimum atomic E-state index is 0.0449. The first-order valence-electron chi connectivity index (χ1n) is 9.89. The molecule has 0 unspecified atom stereocenters. The molecule has 1 N–H and O–H groups in total. The lowest BCUT2D eigenvalue weighted by atomic mass is 10.2. The van der Waals surface area contributed by atoms with E-state index in [4.69, 9.17) is 9.47 Å². The molecule has 0 radical (unpaired) electrons. The summed E-state index contributed by atoms with van der Waals surface area (Å²) in [5, 5.41) is 2.93.